The molecule has 0 saturated heterocycles. The third-order valence-corrected chi connectivity index (χ3v) is 10.4. The first-order valence-electron chi connectivity index (χ1n) is 8.98. The minimum absolute atomic E-state index is 0.249. The highest BCUT2D eigenvalue weighted by atomic mass is 28.4. The van der Waals surface area contributed by atoms with Crippen molar-refractivity contribution in [3.63, 3.8) is 0 Å². The lowest BCUT2D eigenvalue weighted by Crippen LogP contribution is -2.62. The van der Waals surface area contributed by atoms with Crippen LogP contribution >= 0.6 is 0 Å². The van der Waals surface area contributed by atoms with Crippen LogP contribution in [0.5, 0.6) is 0 Å². The summed E-state index contributed by atoms with van der Waals surface area (Å²) in [6.45, 7) is 4.60. The SMILES string of the molecule is CCCN(CC(C)(CCC[Si](OC)(OC)OC)C(=O)O)[Si](OC)(OC)OC. The Morgan fingerprint density at radius 2 is 1.44 bits per heavy atom. The van der Waals surface area contributed by atoms with Crippen molar-refractivity contribution in [1.82, 2.24) is 4.57 Å². The van der Waals surface area contributed by atoms with Crippen molar-refractivity contribution in [2.24, 2.45) is 5.41 Å². The zero-order valence-corrected chi connectivity index (χ0v) is 20.0. The van der Waals surface area contributed by atoms with Gasteiger partial charge in [0.15, 0.2) is 0 Å². The average molecular weight is 428 g/mol. The van der Waals surface area contributed by atoms with Crippen molar-refractivity contribution in [1.29, 1.82) is 0 Å². The topological polar surface area (TPSA) is 95.9 Å². The fourth-order valence-electron chi connectivity index (χ4n) is 3.15. The molecule has 0 amide bonds. The summed E-state index contributed by atoms with van der Waals surface area (Å²) in [7, 11) is 3.37. The number of nitrogens with zero attached hydrogens (tertiary/aromatic N) is 1. The lowest BCUT2D eigenvalue weighted by Gasteiger charge is -2.39. The van der Waals surface area contributed by atoms with Gasteiger partial charge in [-0.3, -0.25) is 9.36 Å². The summed E-state index contributed by atoms with van der Waals surface area (Å²) >= 11 is 0. The fourth-order valence-corrected chi connectivity index (χ4v) is 7.18. The molecule has 0 spiro atoms. The summed E-state index contributed by atoms with van der Waals surface area (Å²) < 4.78 is 34.8. The van der Waals surface area contributed by atoms with E-state index in [1.54, 1.807) is 28.3 Å². The van der Waals surface area contributed by atoms with Gasteiger partial charge in [-0.05, 0) is 32.7 Å². The van der Waals surface area contributed by atoms with Crippen LogP contribution in [0.2, 0.25) is 6.04 Å². The van der Waals surface area contributed by atoms with E-state index in [0.29, 0.717) is 25.4 Å². The molecule has 9 nitrogen and oxygen atoms in total. The first-order valence-corrected chi connectivity index (χ1v) is 12.6. The first kappa shape index (κ1) is 26.6. The molecule has 1 N–H and O–H groups in total. The Labute approximate surface area is 165 Å². The molecule has 0 aromatic heterocycles. The first-order chi connectivity index (χ1) is 12.7. The highest BCUT2D eigenvalue weighted by Crippen LogP contribution is 2.31. The molecule has 162 valence electrons. The van der Waals surface area contributed by atoms with Crippen LogP contribution in [0.15, 0.2) is 0 Å². The molecule has 1 unspecified atom stereocenters. The molecule has 27 heavy (non-hydrogen) atoms. The number of carbonyl (C=O) groups is 1. The van der Waals surface area contributed by atoms with Gasteiger partial charge in [-0.25, -0.2) is 0 Å². The molecule has 0 rings (SSSR count). The maximum Gasteiger partial charge on any atom is 0.598 e. The highest BCUT2D eigenvalue weighted by molar-refractivity contribution is 6.60. The van der Waals surface area contributed by atoms with E-state index in [0.717, 1.165) is 6.42 Å². The van der Waals surface area contributed by atoms with Crippen LogP contribution in [0.1, 0.15) is 33.1 Å². The smallest absolute Gasteiger partial charge is 0.481 e. The molecular weight excluding hydrogens is 390 g/mol. The van der Waals surface area contributed by atoms with Crippen molar-refractivity contribution in [2.45, 2.75) is 39.2 Å². The molecule has 0 bridgehead atoms. The number of hydrogen-bond donors (Lipinski definition) is 1. The summed E-state index contributed by atoms with van der Waals surface area (Å²) in [5, 5.41) is 9.92. The summed E-state index contributed by atoms with van der Waals surface area (Å²) in [4.78, 5) is 12.1. The minimum atomic E-state index is -3.12. The van der Waals surface area contributed by atoms with Crippen LogP contribution in [0.3, 0.4) is 0 Å². The zero-order valence-electron chi connectivity index (χ0n) is 18.0. The maximum absolute atomic E-state index is 12.1. The zero-order chi connectivity index (χ0) is 21.1. The van der Waals surface area contributed by atoms with Crippen LogP contribution in [0, 0.1) is 5.41 Å². The van der Waals surface area contributed by atoms with E-state index in [2.05, 4.69) is 0 Å². The van der Waals surface area contributed by atoms with Crippen LogP contribution in [-0.4, -0.2) is 89.2 Å². The van der Waals surface area contributed by atoms with E-state index in [9.17, 15) is 9.90 Å². The average Bonchev–Trinajstić information content (AvgIpc) is 2.67. The second-order valence-electron chi connectivity index (χ2n) is 6.57. The molecule has 11 heteroatoms. The van der Waals surface area contributed by atoms with E-state index < -0.39 is 29.2 Å². The number of hydrogen-bond acceptors (Lipinski definition) is 8. The lowest BCUT2D eigenvalue weighted by atomic mass is 9.85. The molecule has 0 aliphatic rings. The quantitative estimate of drug-likeness (QED) is 0.370. The normalized spacial score (nSPS) is 15.1. The second-order valence-corrected chi connectivity index (χ2v) is 12.6. The van der Waals surface area contributed by atoms with Crippen LogP contribution in [0.4, 0.5) is 0 Å². The summed E-state index contributed by atoms with van der Waals surface area (Å²) in [5.41, 5.74) is -1.02. The standard InChI is InChI=1S/C16H37NO8Si2/c1-9-12-17(27(23-6,24-7)25-8)14-16(2,15(18)19)11-10-13-26(20-3,21-4)22-5/h9-14H2,1-8H3,(H,18,19). The monoisotopic (exact) mass is 427 g/mol. The van der Waals surface area contributed by atoms with Crippen molar-refractivity contribution in [3.8, 4) is 0 Å². The Balaban J connectivity index is 5.38. The van der Waals surface area contributed by atoms with Crippen LogP contribution in [-0.2, 0) is 31.4 Å². The Bertz CT molecular complexity index is 418. The van der Waals surface area contributed by atoms with Crippen molar-refractivity contribution in [3.05, 3.63) is 0 Å². The Hall–Kier alpha value is -0.376. The third-order valence-electron chi connectivity index (χ3n) is 4.86. The molecule has 0 fully saturated rings. The molecule has 0 radical (unpaired) electrons. The van der Waals surface area contributed by atoms with Gasteiger partial charge in [-0.2, -0.15) is 0 Å². The number of aliphatic carboxylic acids is 1. The van der Waals surface area contributed by atoms with Gasteiger partial charge in [0.2, 0.25) is 0 Å². The van der Waals surface area contributed by atoms with Crippen molar-refractivity contribution >= 4 is 23.7 Å². The number of carboxylic acid groups (broad SMARTS) is 1. The van der Waals surface area contributed by atoms with Crippen molar-refractivity contribution in [2.75, 3.05) is 55.7 Å². The van der Waals surface area contributed by atoms with Gasteiger partial charge in [-0.15, -0.1) is 0 Å². The lowest BCUT2D eigenvalue weighted by molar-refractivity contribution is -0.149. The summed E-state index contributed by atoms with van der Waals surface area (Å²) in [6.07, 6.45) is 1.83. The predicted octanol–water partition coefficient (Wildman–Crippen LogP) is 1.82. The Morgan fingerprint density at radius 1 is 0.963 bits per heavy atom. The number of carboxylic acids is 1. The Morgan fingerprint density at radius 3 is 1.78 bits per heavy atom. The number of rotatable bonds is 16. The molecule has 1 atom stereocenters. The van der Waals surface area contributed by atoms with Crippen LogP contribution < -0.4 is 0 Å². The van der Waals surface area contributed by atoms with Gasteiger partial charge in [0.25, 0.3) is 0 Å². The van der Waals surface area contributed by atoms with Gasteiger partial charge < -0.3 is 31.7 Å². The minimum Gasteiger partial charge on any atom is -0.481 e. The molecule has 0 aliphatic carbocycles. The molecular formula is C16H37NO8Si2. The molecule has 0 aliphatic heterocycles. The molecule has 0 aromatic rings. The van der Waals surface area contributed by atoms with E-state index in [-0.39, 0.29) is 6.54 Å². The third kappa shape index (κ3) is 6.87. The van der Waals surface area contributed by atoms with Gasteiger partial charge >= 0.3 is 23.7 Å². The second kappa shape index (κ2) is 12.2. The van der Waals surface area contributed by atoms with E-state index in [1.807, 2.05) is 11.5 Å². The van der Waals surface area contributed by atoms with Gasteiger partial charge in [0.1, 0.15) is 0 Å². The largest absolute Gasteiger partial charge is 0.598 e. The summed E-state index contributed by atoms with van der Waals surface area (Å²) in [5.74, 6) is -0.880. The van der Waals surface area contributed by atoms with Gasteiger partial charge in [0.05, 0.1) is 5.41 Å². The Kier molecular flexibility index (Phi) is 12.1. The van der Waals surface area contributed by atoms with E-state index >= 15 is 0 Å². The van der Waals surface area contributed by atoms with Crippen LogP contribution in [0.25, 0.3) is 0 Å². The maximum atomic E-state index is 12.1. The van der Waals surface area contributed by atoms with E-state index in [1.165, 1.54) is 21.3 Å². The van der Waals surface area contributed by atoms with Gasteiger partial charge in [0, 0.05) is 55.2 Å². The van der Waals surface area contributed by atoms with Gasteiger partial charge in [-0.1, -0.05) is 6.92 Å². The van der Waals surface area contributed by atoms with Crippen molar-refractivity contribution < 1.29 is 36.5 Å². The fraction of sp³-hybridized carbons (Fsp3) is 0.938. The molecule has 0 aromatic carbocycles. The predicted molar refractivity (Wildman–Crippen MR) is 105 cm³/mol. The summed E-state index contributed by atoms with van der Waals surface area (Å²) in [6, 6.07) is 0.536. The molecule has 0 heterocycles. The highest BCUT2D eigenvalue weighted by Gasteiger charge is 2.50. The molecule has 0 saturated carbocycles. The van der Waals surface area contributed by atoms with E-state index in [4.69, 9.17) is 26.6 Å².